The maximum atomic E-state index is 8.32. The molecule has 0 bridgehead atoms. The fourth-order valence-electron chi connectivity index (χ4n) is 5.03. The van der Waals surface area contributed by atoms with Gasteiger partial charge in [0.1, 0.15) is 0 Å². The zero-order valence-electron chi connectivity index (χ0n) is 26.2. The maximum Gasteiger partial charge on any atom is 2.00 e. The first-order valence-corrected chi connectivity index (χ1v) is 14.0. The maximum absolute atomic E-state index is 8.32. The van der Waals surface area contributed by atoms with E-state index in [0.29, 0.717) is 62.5 Å². The molecule has 0 aliphatic carbocycles. The van der Waals surface area contributed by atoms with Gasteiger partial charge in [-0.2, -0.15) is 22.9 Å². The molecule has 4 heterocycles. The van der Waals surface area contributed by atoms with Gasteiger partial charge in [-0.1, -0.05) is 47.4 Å². The van der Waals surface area contributed by atoms with E-state index in [0.717, 1.165) is 10.8 Å². The normalized spacial score (nSPS) is 11.2. The number of aromatic nitrogens is 5. The second-order valence-electron chi connectivity index (χ2n) is 9.90. The molecule has 0 N–H and O–H groups in total. The monoisotopic (exact) mass is 971 g/mol. The van der Waals surface area contributed by atoms with Crippen molar-refractivity contribution in [2.75, 3.05) is 0 Å². The summed E-state index contributed by atoms with van der Waals surface area (Å²) in [6.07, 6.45) is 6.74. The van der Waals surface area contributed by atoms with E-state index in [9.17, 15) is 0 Å². The van der Waals surface area contributed by atoms with E-state index >= 15 is 0 Å². The third-order valence-corrected chi connectivity index (χ3v) is 7.01. The van der Waals surface area contributed by atoms with Crippen LogP contribution in [-0.2, 0) is 42.1 Å². The van der Waals surface area contributed by atoms with Gasteiger partial charge in [0, 0.05) is 50.5 Å². The molecule has 0 aliphatic heterocycles. The van der Waals surface area contributed by atoms with E-state index in [1.165, 1.54) is 0 Å². The Morgan fingerprint density at radius 1 is 0.489 bits per heavy atom. The minimum Gasteiger partial charge on any atom is -0.503 e. The summed E-state index contributed by atoms with van der Waals surface area (Å²) in [5.74, 6) is 2.00. The van der Waals surface area contributed by atoms with Crippen LogP contribution in [0.3, 0.4) is 0 Å². The van der Waals surface area contributed by atoms with E-state index < -0.39 is 0 Å². The molecule has 9 heteroatoms. The predicted octanol–water partition coefficient (Wildman–Crippen LogP) is 8.48. The Hall–Kier alpha value is -4.96. The summed E-state index contributed by atoms with van der Waals surface area (Å²) < 4.78 is 30.9. The fraction of sp³-hybridized carbons (Fsp3) is 0. The third kappa shape index (κ3) is 6.64. The molecular weight excluding hydrogens is 949 g/mol. The van der Waals surface area contributed by atoms with E-state index in [-0.39, 0.29) is 54.2 Å². The Balaban J connectivity index is 0.00000208. The molecule has 0 aliphatic rings. The largest absolute Gasteiger partial charge is 2.00 e. The van der Waals surface area contributed by atoms with Crippen LogP contribution < -0.4 is 9.47 Å². The summed E-state index contributed by atoms with van der Waals surface area (Å²) >= 11 is 0. The zero-order valence-corrected chi connectivity index (χ0v) is 28.7. The SMILES string of the molecule is [2H]c1cc(Oc2[c-]c3c(cc2)c2ccc(Oc4[c-]c(-c5ccccn5)cc([2H])c4)[c-]c2n3-c2ncccn2)[c-]c(-c2ccccn2)c1.[Pt+2].[Pt+2]. The van der Waals surface area contributed by atoms with Crippen molar-refractivity contribution in [3.05, 3.63) is 152 Å². The van der Waals surface area contributed by atoms with Crippen LogP contribution in [0.1, 0.15) is 2.74 Å². The fourth-order valence-corrected chi connectivity index (χ4v) is 5.03. The molecule has 7 nitrogen and oxygen atoms in total. The van der Waals surface area contributed by atoms with Crippen LogP contribution >= 0.6 is 0 Å². The number of fused-ring (bicyclic) bond motifs is 3. The molecule has 0 fully saturated rings. The molecule has 0 saturated carbocycles. The van der Waals surface area contributed by atoms with Gasteiger partial charge in [-0.05, 0) is 29.6 Å². The molecule has 0 spiro atoms. The first-order chi connectivity index (χ1) is 23.1. The average Bonchev–Trinajstić information content (AvgIpc) is 3.41. The van der Waals surface area contributed by atoms with Gasteiger partial charge >= 0.3 is 42.1 Å². The van der Waals surface area contributed by atoms with Crippen molar-refractivity contribution in [1.82, 2.24) is 24.5 Å². The summed E-state index contributed by atoms with van der Waals surface area (Å²) in [6, 6.07) is 40.8. The Morgan fingerprint density at radius 2 is 0.957 bits per heavy atom. The Kier molecular flexibility index (Phi) is 8.90. The first-order valence-electron chi connectivity index (χ1n) is 15.0. The van der Waals surface area contributed by atoms with Crippen molar-refractivity contribution in [2.24, 2.45) is 0 Å². The molecular formula is C38H21N5O2Pt2. The van der Waals surface area contributed by atoms with Crippen LogP contribution in [0.5, 0.6) is 23.0 Å². The van der Waals surface area contributed by atoms with Gasteiger partial charge in [-0.15, -0.1) is 71.7 Å². The zero-order chi connectivity index (χ0) is 31.7. The van der Waals surface area contributed by atoms with Crippen molar-refractivity contribution in [3.8, 4) is 51.5 Å². The second kappa shape index (κ2) is 14.2. The van der Waals surface area contributed by atoms with Crippen molar-refractivity contribution in [3.63, 3.8) is 0 Å². The number of hydrogen-bond donors (Lipinski definition) is 0. The molecule has 47 heavy (non-hydrogen) atoms. The summed E-state index contributed by atoms with van der Waals surface area (Å²) in [5, 5.41) is 1.76. The van der Waals surface area contributed by atoms with Gasteiger partial charge in [0.15, 0.2) is 0 Å². The summed E-state index contributed by atoms with van der Waals surface area (Å²) in [6.45, 7) is 0. The van der Waals surface area contributed by atoms with Crippen LogP contribution in [0, 0.1) is 24.3 Å². The molecule has 0 saturated heterocycles. The number of hydrogen-bond acceptors (Lipinski definition) is 6. The van der Waals surface area contributed by atoms with Gasteiger partial charge in [-0.3, -0.25) is 0 Å². The van der Waals surface area contributed by atoms with Crippen molar-refractivity contribution in [1.29, 1.82) is 0 Å². The van der Waals surface area contributed by atoms with Crippen LogP contribution in [0.15, 0.2) is 128 Å². The molecule has 8 aromatic rings. The van der Waals surface area contributed by atoms with Crippen LogP contribution in [0.4, 0.5) is 0 Å². The van der Waals surface area contributed by atoms with Gasteiger partial charge in [0.25, 0.3) is 0 Å². The molecule has 0 amide bonds. The van der Waals surface area contributed by atoms with Crippen molar-refractivity contribution in [2.45, 2.75) is 0 Å². The minimum atomic E-state index is 0. The van der Waals surface area contributed by atoms with Gasteiger partial charge in [-0.25, -0.2) is 9.97 Å². The number of nitrogens with zero attached hydrogens (tertiary/aromatic N) is 5. The molecule has 0 atom stereocenters. The summed E-state index contributed by atoms with van der Waals surface area (Å²) in [5.41, 5.74) is 4.04. The van der Waals surface area contributed by atoms with Gasteiger partial charge < -0.3 is 24.0 Å². The van der Waals surface area contributed by atoms with E-state index in [1.54, 1.807) is 55.1 Å². The Bertz CT molecular complexity index is 2250. The van der Waals surface area contributed by atoms with E-state index in [1.807, 2.05) is 65.2 Å². The van der Waals surface area contributed by atoms with Crippen molar-refractivity contribution < 1.29 is 54.3 Å². The topological polar surface area (TPSA) is 75.0 Å². The molecule has 0 radical (unpaired) electrons. The van der Waals surface area contributed by atoms with Crippen LogP contribution in [0.2, 0.25) is 0 Å². The van der Waals surface area contributed by atoms with E-state index in [2.05, 4.69) is 44.2 Å². The number of ether oxygens (including phenoxy) is 2. The Labute approximate surface area is 302 Å². The minimum absolute atomic E-state index is 0. The smallest absolute Gasteiger partial charge is 0.503 e. The molecule has 4 aromatic heterocycles. The quantitative estimate of drug-likeness (QED) is 0.149. The molecule has 230 valence electrons. The predicted molar refractivity (Wildman–Crippen MR) is 171 cm³/mol. The number of benzene rings is 4. The van der Waals surface area contributed by atoms with E-state index in [4.69, 9.17) is 12.2 Å². The second-order valence-corrected chi connectivity index (χ2v) is 9.90. The van der Waals surface area contributed by atoms with Gasteiger partial charge in [0.2, 0.25) is 5.95 Å². The van der Waals surface area contributed by atoms with Crippen LogP contribution in [-0.4, -0.2) is 24.5 Å². The average molecular weight is 972 g/mol. The number of pyridine rings is 2. The van der Waals surface area contributed by atoms with Crippen LogP contribution in [0.25, 0.3) is 50.3 Å². The van der Waals surface area contributed by atoms with Crippen molar-refractivity contribution >= 4 is 21.8 Å². The summed E-state index contributed by atoms with van der Waals surface area (Å²) in [4.78, 5) is 17.8. The molecule has 4 aromatic carbocycles. The number of rotatable bonds is 7. The molecule has 0 unspecified atom stereocenters. The Morgan fingerprint density at radius 3 is 1.43 bits per heavy atom. The third-order valence-electron chi connectivity index (χ3n) is 7.01. The van der Waals surface area contributed by atoms with Gasteiger partial charge in [0.05, 0.1) is 0 Å². The summed E-state index contributed by atoms with van der Waals surface area (Å²) in [7, 11) is 0. The molecule has 8 rings (SSSR count). The standard InChI is InChI=1S/C38H21N5O2.2Pt/c1-3-18-39-34(12-1)26-8-5-10-28(22-26)44-30-14-16-32-33-17-15-31(25-37(33)43(36(32)24-30)38-41-20-7-21-42-38)45-29-11-6-9-27(23-29)35-13-2-4-19-40-35;;/h1-21H;;/q-4;2*+2/i5D,6D;;. The first kappa shape index (κ1) is 29.4.